The Balaban J connectivity index is 1.53. The van der Waals surface area contributed by atoms with Gasteiger partial charge in [0.05, 0.1) is 25.9 Å². The number of hydrogen-bond donors (Lipinski definition) is 1. The molecule has 1 saturated heterocycles. The first-order valence-electron chi connectivity index (χ1n) is 10.5. The van der Waals surface area contributed by atoms with Gasteiger partial charge >= 0.3 is 5.69 Å². The first-order chi connectivity index (χ1) is 15.6. The standard InChI is InChI=1S/C24H26FN3O4/c25-16-24(17-30-14-18-7-3-1-4-8-18)20(31-15-19-9-5-2-6-10-19)13-22(32-24)28-12-11-21(26)27-23(28)29/h1-12,20,22H,13-17H2,(H2,26,27,29)/t20-,22+,24+/m0/s1. The molecule has 2 aromatic carbocycles. The minimum Gasteiger partial charge on any atom is -0.383 e. The van der Waals surface area contributed by atoms with Crippen LogP contribution in [0.2, 0.25) is 0 Å². The van der Waals surface area contributed by atoms with Crippen LogP contribution in [0, 0.1) is 0 Å². The van der Waals surface area contributed by atoms with Crippen LogP contribution >= 0.6 is 0 Å². The number of alkyl halides is 1. The zero-order valence-corrected chi connectivity index (χ0v) is 17.6. The predicted molar refractivity (Wildman–Crippen MR) is 117 cm³/mol. The second kappa shape index (κ2) is 10.0. The van der Waals surface area contributed by atoms with E-state index in [-0.39, 0.29) is 25.5 Å². The fraction of sp³-hybridized carbons (Fsp3) is 0.333. The highest BCUT2D eigenvalue weighted by Gasteiger charge is 2.51. The third-order valence-corrected chi connectivity index (χ3v) is 5.51. The summed E-state index contributed by atoms with van der Waals surface area (Å²) in [6.45, 7) is -0.247. The number of hydrogen-bond acceptors (Lipinski definition) is 6. The van der Waals surface area contributed by atoms with Crippen molar-refractivity contribution in [3.63, 3.8) is 0 Å². The minimum absolute atomic E-state index is 0.0223. The van der Waals surface area contributed by atoms with Crippen molar-refractivity contribution < 1.29 is 18.6 Å². The number of nitrogens with two attached hydrogens (primary N) is 1. The van der Waals surface area contributed by atoms with Gasteiger partial charge in [0.1, 0.15) is 24.3 Å². The van der Waals surface area contributed by atoms with Gasteiger partial charge in [-0.2, -0.15) is 4.98 Å². The molecule has 0 bridgehead atoms. The number of nitrogen functional groups attached to an aromatic ring is 1. The van der Waals surface area contributed by atoms with Crippen LogP contribution in [0.25, 0.3) is 0 Å². The van der Waals surface area contributed by atoms with Crippen LogP contribution in [-0.2, 0) is 27.4 Å². The number of benzene rings is 2. The van der Waals surface area contributed by atoms with Gasteiger partial charge in [-0.05, 0) is 17.2 Å². The quantitative estimate of drug-likeness (QED) is 0.551. The van der Waals surface area contributed by atoms with E-state index in [9.17, 15) is 9.18 Å². The van der Waals surface area contributed by atoms with Crippen molar-refractivity contribution in [2.75, 3.05) is 19.0 Å². The molecular formula is C24H26FN3O4. The van der Waals surface area contributed by atoms with Gasteiger partial charge in [0.15, 0.2) is 0 Å². The smallest absolute Gasteiger partial charge is 0.351 e. The summed E-state index contributed by atoms with van der Waals surface area (Å²) in [5.41, 5.74) is 5.61. The number of nitrogens with zero attached hydrogens (tertiary/aromatic N) is 2. The third kappa shape index (κ3) is 5.04. The fourth-order valence-corrected chi connectivity index (χ4v) is 3.80. The van der Waals surface area contributed by atoms with E-state index >= 15 is 0 Å². The molecule has 168 valence electrons. The summed E-state index contributed by atoms with van der Waals surface area (Å²) in [5, 5.41) is 0. The number of halogens is 1. The Hall–Kier alpha value is -3.07. The average Bonchev–Trinajstić information content (AvgIpc) is 3.17. The summed E-state index contributed by atoms with van der Waals surface area (Å²) in [4.78, 5) is 16.1. The highest BCUT2D eigenvalue weighted by atomic mass is 19.1. The number of anilines is 1. The second-order valence-corrected chi connectivity index (χ2v) is 7.81. The van der Waals surface area contributed by atoms with E-state index in [1.807, 2.05) is 60.7 Å². The molecule has 0 amide bonds. The van der Waals surface area contributed by atoms with Crippen LogP contribution in [0.15, 0.2) is 77.7 Å². The molecule has 2 heterocycles. The minimum atomic E-state index is -1.35. The molecule has 0 saturated carbocycles. The monoisotopic (exact) mass is 439 g/mol. The molecule has 7 nitrogen and oxygen atoms in total. The summed E-state index contributed by atoms with van der Waals surface area (Å²) in [5.74, 6) is 0.115. The number of rotatable bonds is 9. The van der Waals surface area contributed by atoms with Crippen molar-refractivity contribution >= 4 is 5.82 Å². The molecule has 1 fully saturated rings. The Bertz CT molecular complexity index is 1060. The van der Waals surface area contributed by atoms with Crippen molar-refractivity contribution in [1.29, 1.82) is 0 Å². The van der Waals surface area contributed by atoms with E-state index in [0.29, 0.717) is 6.61 Å². The topological polar surface area (TPSA) is 88.6 Å². The largest absolute Gasteiger partial charge is 0.383 e. The van der Waals surface area contributed by atoms with Crippen molar-refractivity contribution in [3.8, 4) is 0 Å². The lowest BCUT2D eigenvalue weighted by Crippen LogP contribution is -2.47. The molecule has 3 atom stereocenters. The molecular weight excluding hydrogens is 413 g/mol. The Morgan fingerprint density at radius 1 is 1.06 bits per heavy atom. The van der Waals surface area contributed by atoms with Crippen LogP contribution in [0.1, 0.15) is 23.8 Å². The predicted octanol–water partition coefficient (Wildman–Crippen LogP) is 3.25. The van der Waals surface area contributed by atoms with Gasteiger partial charge in [-0.25, -0.2) is 9.18 Å². The first-order valence-corrected chi connectivity index (χ1v) is 10.5. The van der Waals surface area contributed by atoms with Crippen LogP contribution in [0.4, 0.5) is 10.2 Å². The highest BCUT2D eigenvalue weighted by molar-refractivity contribution is 5.23. The zero-order valence-electron chi connectivity index (χ0n) is 17.6. The van der Waals surface area contributed by atoms with Crippen LogP contribution in [0.5, 0.6) is 0 Å². The van der Waals surface area contributed by atoms with Gasteiger partial charge in [0.25, 0.3) is 0 Å². The van der Waals surface area contributed by atoms with E-state index in [2.05, 4.69) is 4.98 Å². The Kier molecular flexibility index (Phi) is 6.94. The van der Waals surface area contributed by atoms with E-state index in [1.54, 1.807) is 0 Å². The van der Waals surface area contributed by atoms with Crippen molar-refractivity contribution in [1.82, 2.24) is 9.55 Å². The second-order valence-electron chi connectivity index (χ2n) is 7.81. The summed E-state index contributed by atoms with van der Waals surface area (Å²) >= 11 is 0. The molecule has 4 rings (SSSR count). The van der Waals surface area contributed by atoms with Gasteiger partial charge in [0.2, 0.25) is 0 Å². The molecule has 0 aliphatic carbocycles. The Morgan fingerprint density at radius 3 is 2.34 bits per heavy atom. The number of ether oxygens (including phenoxy) is 3. The van der Waals surface area contributed by atoms with Crippen LogP contribution in [0.3, 0.4) is 0 Å². The maximum Gasteiger partial charge on any atom is 0.351 e. The van der Waals surface area contributed by atoms with Crippen LogP contribution in [-0.4, -0.2) is 34.5 Å². The van der Waals surface area contributed by atoms with Crippen molar-refractivity contribution in [2.45, 2.75) is 37.6 Å². The Labute approximate surface area is 185 Å². The molecule has 8 heteroatoms. The first kappa shape index (κ1) is 22.1. The van der Waals surface area contributed by atoms with Crippen molar-refractivity contribution in [2.24, 2.45) is 0 Å². The average molecular weight is 439 g/mol. The van der Waals surface area contributed by atoms with Gasteiger partial charge in [-0.1, -0.05) is 60.7 Å². The Morgan fingerprint density at radius 2 is 1.72 bits per heavy atom. The van der Waals surface area contributed by atoms with Gasteiger partial charge in [-0.3, -0.25) is 4.57 Å². The molecule has 32 heavy (non-hydrogen) atoms. The zero-order chi connectivity index (χ0) is 22.4. The maximum absolute atomic E-state index is 14.5. The summed E-state index contributed by atoms with van der Waals surface area (Å²) in [6, 6.07) is 20.7. The normalized spacial score (nSPS) is 22.8. The van der Waals surface area contributed by atoms with Gasteiger partial charge < -0.3 is 19.9 Å². The highest BCUT2D eigenvalue weighted by Crippen LogP contribution is 2.39. The molecule has 2 N–H and O–H groups in total. The van der Waals surface area contributed by atoms with Gasteiger partial charge in [0, 0.05) is 12.6 Å². The van der Waals surface area contributed by atoms with Crippen molar-refractivity contribution in [3.05, 3.63) is 94.5 Å². The molecule has 1 aliphatic heterocycles. The van der Waals surface area contributed by atoms with E-state index in [4.69, 9.17) is 19.9 Å². The molecule has 1 aromatic heterocycles. The van der Waals surface area contributed by atoms with E-state index in [0.717, 1.165) is 11.1 Å². The lowest BCUT2D eigenvalue weighted by atomic mass is 9.99. The molecule has 0 radical (unpaired) electrons. The van der Waals surface area contributed by atoms with Crippen LogP contribution < -0.4 is 11.4 Å². The maximum atomic E-state index is 14.5. The fourth-order valence-electron chi connectivity index (χ4n) is 3.80. The summed E-state index contributed by atoms with van der Waals surface area (Å²) in [7, 11) is 0. The number of aromatic nitrogens is 2. The summed E-state index contributed by atoms with van der Waals surface area (Å²) < 4.78 is 33.9. The molecule has 3 aromatic rings. The summed E-state index contributed by atoms with van der Waals surface area (Å²) in [6.07, 6.45) is 0.407. The molecule has 0 unspecified atom stereocenters. The third-order valence-electron chi connectivity index (χ3n) is 5.51. The van der Waals surface area contributed by atoms with E-state index in [1.165, 1.54) is 16.8 Å². The van der Waals surface area contributed by atoms with Gasteiger partial charge in [-0.15, -0.1) is 0 Å². The lowest BCUT2D eigenvalue weighted by molar-refractivity contribution is -0.165. The lowest BCUT2D eigenvalue weighted by Gasteiger charge is -2.31. The van der Waals surface area contributed by atoms with E-state index < -0.39 is 30.3 Å². The SMILES string of the molecule is Nc1ccn([C@H]2C[C@H](OCc3ccccc3)[C@@](CF)(COCc3ccccc3)O2)c(=O)n1. The molecule has 1 aliphatic rings. The molecule has 0 spiro atoms.